The van der Waals surface area contributed by atoms with E-state index in [0.29, 0.717) is 0 Å². The molecule has 5 nitrogen and oxygen atoms in total. The minimum atomic E-state index is -0.598. The monoisotopic (exact) mass is 217 g/mol. The fraction of sp³-hybridized carbons (Fsp3) is 0.800. The summed E-state index contributed by atoms with van der Waals surface area (Å²) < 4.78 is 4.56. The molecule has 0 aliphatic carbocycles. The summed E-state index contributed by atoms with van der Waals surface area (Å²) >= 11 is 0. The molecule has 1 N–H and O–H groups in total. The zero-order chi connectivity index (χ0) is 12.0. The highest BCUT2D eigenvalue weighted by atomic mass is 16.5. The van der Waals surface area contributed by atoms with E-state index in [2.05, 4.69) is 4.74 Å². The van der Waals surface area contributed by atoms with Crippen molar-refractivity contribution in [3.8, 4) is 0 Å². The van der Waals surface area contributed by atoms with Crippen molar-refractivity contribution in [3.05, 3.63) is 0 Å². The Kier molecular flexibility index (Phi) is 5.93. The molecule has 0 heterocycles. The van der Waals surface area contributed by atoms with E-state index in [4.69, 9.17) is 0 Å². The van der Waals surface area contributed by atoms with Gasteiger partial charge in [-0.25, -0.2) is 0 Å². The summed E-state index contributed by atoms with van der Waals surface area (Å²) in [7, 11) is 1.31. The van der Waals surface area contributed by atoms with Crippen LogP contribution in [0, 0.1) is 5.92 Å². The maximum atomic E-state index is 11.2. The van der Waals surface area contributed by atoms with Crippen LogP contribution in [0.5, 0.6) is 0 Å². The zero-order valence-electron chi connectivity index (χ0n) is 9.69. The number of amides is 1. The van der Waals surface area contributed by atoms with Crippen molar-refractivity contribution in [2.24, 2.45) is 5.92 Å². The number of ether oxygens (including phenoxy) is 1. The summed E-state index contributed by atoms with van der Waals surface area (Å²) in [6.07, 6.45) is -0.598. The topological polar surface area (TPSA) is 66.8 Å². The van der Waals surface area contributed by atoms with Gasteiger partial charge in [0.05, 0.1) is 19.1 Å². The van der Waals surface area contributed by atoms with Crippen molar-refractivity contribution < 1.29 is 19.4 Å². The number of hydrogen-bond acceptors (Lipinski definition) is 4. The van der Waals surface area contributed by atoms with Crippen molar-refractivity contribution in [1.82, 2.24) is 4.90 Å². The highest BCUT2D eigenvalue weighted by Crippen LogP contribution is 2.03. The molecule has 0 aliphatic heterocycles. The molecule has 0 rings (SSSR count). The molecule has 88 valence electrons. The van der Waals surface area contributed by atoms with Crippen LogP contribution < -0.4 is 0 Å². The van der Waals surface area contributed by atoms with E-state index < -0.39 is 6.10 Å². The predicted molar refractivity (Wildman–Crippen MR) is 55.1 cm³/mol. The first-order chi connectivity index (χ1) is 6.88. The molecule has 0 aromatic carbocycles. The Morgan fingerprint density at radius 2 is 1.87 bits per heavy atom. The van der Waals surface area contributed by atoms with E-state index in [9.17, 15) is 14.7 Å². The number of esters is 1. The van der Waals surface area contributed by atoms with Crippen LogP contribution in [-0.4, -0.2) is 48.2 Å². The first-order valence-corrected chi connectivity index (χ1v) is 4.89. The lowest BCUT2D eigenvalue weighted by Crippen LogP contribution is -2.39. The molecule has 0 aliphatic rings. The maximum absolute atomic E-state index is 11.2. The average Bonchev–Trinajstić information content (AvgIpc) is 2.14. The van der Waals surface area contributed by atoms with Gasteiger partial charge in [0, 0.05) is 20.0 Å². The standard InChI is InChI=1S/C10H19NO4/c1-7(10(14)15-4)5-11(9(3)13)6-8(2)12/h7-8,12H,5-6H2,1-4H3. The summed E-state index contributed by atoms with van der Waals surface area (Å²) in [6.45, 7) is 5.19. The van der Waals surface area contributed by atoms with Crippen LogP contribution in [0.25, 0.3) is 0 Å². The number of rotatable bonds is 5. The maximum Gasteiger partial charge on any atom is 0.310 e. The van der Waals surface area contributed by atoms with Gasteiger partial charge in [0.25, 0.3) is 0 Å². The molecule has 0 saturated carbocycles. The van der Waals surface area contributed by atoms with E-state index >= 15 is 0 Å². The number of aliphatic hydroxyl groups excluding tert-OH is 1. The van der Waals surface area contributed by atoms with Gasteiger partial charge in [0.2, 0.25) is 5.91 Å². The highest BCUT2D eigenvalue weighted by molar-refractivity contribution is 5.76. The van der Waals surface area contributed by atoms with Gasteiger partial charge in [-0.15, -0.1) is 0 Å². The molecule has 1 amide bonds. The molecule has 0 spiro atoms. The summed E-state index contributed by atoms with van der Waals surface area (Å²) in [6, 6.07) is 0. The fourth-order valence-electron chi connectivity index (χ4n) is 1.26. The first-order valence-electron chi connectivity index (χ1n) is 4.89. The molecular weight excluding hydrogens is 198 g/mol. The highest BCUT2D eigenvalue weighted by Gasteiger charge is 2.20. The minimum absolute atomic E-state index is 0.161. The summed E-state index contributed by atoms with van der Waals surface area (Å²) in [5.41, 5.74) is 0. The summed E-state index contributed by atoms with van der Waals surface area (Å²) in [5.74, 6) is -0.892. The molecule has 0 bridgehead atoms. The Bertz CT molecular complexity index is 227. The van der Waals surface area contributed by atoms with Crippen LogP contribution in [-0.2, 0) is 14.3 Å². The zero-order valence-corrected chi connectivity index (χ0v) is 9.69. The average molecular weight is 217 g/mol. The number of aliphatic hydroxyl groups is 1. The van der Waals surface area contributed by atoms with Crippen LogP contribution >= 0.6 is 0 Å². The van der Waals surface area contributed by atoms with Crippen molar-refractivity contribution >= 4 is 11.9 Å². The minimum Gasteiger partial charge on any atom is -0.469 e. The van der Waals surface area contributed by atoms with Crippen LogP contribution in [0.4, 0.5) is 0 Å². The Balaban J connectivity index is 4.28. The molecule has 0 saturated heterocycles. The lowest BCUT2D eigenvalue weighted by Gasteiger charge is -2.24. The number of carbonyl (C=O) groups excluding carboxylic acids is 2. The van der Waals surface area contributed by atoms with Gasteiger partial charge >= 0.3 is 5.97 Å². The summed E-state index contributed by atoms with van der Waals surface area (Å²) in [5, 5.41) is 9.17. The van der Waals surface area contributed by atoms with Crippen LogP contribution in [0.15, 0.2) is 0 Å². The smallest absolute Gasteiger partial charge is 0.310 e. The van der Waals surface area contributed by atoms with Crippen LogP contribution in [0.3, 0.4) is 0 Å². The van der Waals surface area contributed by atoms with Gasteiger partial charge in [-0.3, -0.25) is 9.59 Å². The van der Waals surface area contributed by atoms with Gasteiger partial charge in [0.1, 0.15) is 0 Å². The van der Waals surface area contributed by atoms with E-state index in [0.717, 1.165) is 0 Å². The lowest BCUT2D eigenvalue weighted by atomic mass is 10.1. The second-order valence-corrected chi connectivity index (χ2v) is 3.70. The van der Waals surface area contributed by atoms with Crippen molar-refractivity contribution in [3.63, 3.8) is 0 Å². The quantitative estimate of drug-likeness (QED) is 0.659. The second kappa shape index (κ2) is 6.40. The Hall–Kier alpha value is -1.10. The fourth-order valence-corrected chi connectivity index (χ4v) is 1.26. The number of carbonyl (C=O) groups is 2. The largest absolute Gasteiger partial charge is 0.469 e. The molecule has 2 unspecified atom stereocenters. The number of nitrogens with zero attached hydrogens (tertiary/aromatic N) is 1. The Labute approximate surface area is 90.0 Å². The molecule has 15 heavy (non-hydrogen) atoms. The van der Waals surface area contributed by atoms with E-state index in [-0.39, 0.29) is 30.9 Å². The predicted octanol–water partition coefficient (Wildman–Crippen LogP) is 0.0248. The molecular formula is C10H19NO4. The molecule has 0 aromatic heterocycles. The van der Waals surface area contributed by atoms with E-state index in [1.165, 1.54) is 18.9 Å². The van der Waals surface area contributed by atoms with Gasteiger partial charge in [-0.1, -0.05) is 6.92 Å². The van der Waals surface area contributed by atoms with Gasteiger partial charge in [-0.2, -0.15) is 0 Å². The third kappa shape index (κ3) is 5.37. The lowest BCUT2D eigenvalue weighted by molar-refractivity contribution is -0.146. The normalized spacial score (nSPS) is 14.2. The molecule has 0 aromatic rings. The van der Waals surface area contributed by atoms with Gasteiger partial charge in [-0.05, 0) is 6.92 Å². The van der Waals surface area contributed by atoms with Crippen LogP contribution in [0.2, 0.25) is 0 Å². The first kappa shape index (κ1) is 13.9. The second-order valence-electron chi connectivity index (χ2n) is 3.70. The van der Waals surface area contributed by atoms with Crippen LogP contribution in [0.1, 0.15) is 20.8 Å². The van der Waals surface area contributed by atoms with Crippen molar-refractivity contribution in [2.75, 3.05) is 20.2 Å². The molecule has 5 heteroatoms. The van der Waals surface area contributed by atoms with Gasteiger partial charge < -0.3 is 14.7 Å². The van der Waals surface area contributed by atoms with E-state index in [1.54, 1.807) is 13.8 Å². The SMILES string of the molecule is COC(=O)C(C)CN(CC(C)O)C(C)=O. The van der Waals surface area contributed by atoms with E-state index in [1.807, 2.05) is 0 Å². The molecule has 2 atom stereocenters. The third-order valence-electron chi connectivity index (χ3n) is 2.03. The molecule has 0 fully saturated rings. The van der Waals surface area contributed by atoms with Crippen molar-refractivity contribution in [2.45, 2.75) is 26.9 Å². The number of methoxy groups -OCH3 is 1. The van der Waals surface area contributed by atoms with Crippen molar-refractivity contribution in [1.29, 1.82) is 0 Å². The summed E-state index contributed by atoms with van der Waals surface area (Å²) in [4.78, 5) is 23.8. The molecule has 0 radical (unpaired) electrons. The third-order valence-corrected chi connectivity index (χ3v) is 2.03. The Morgan fingerprint density at radius 3 is 2.20 bits per heavy atom. The number of hydrogen-bond donors (Lipinski definition) is 1. The Morgan fingerprint density at radius 1 is 1.33 bits per heavy atom. The van der Waals surface area contributed by atoms with Gasteiger partial charge in [0.15, 0.2) is 0 Å².